The third-order valence-electron chi connectivity index (χ3n) is 3.01. The predicted molar refractivity (Wildman–Crippen MR) is 69.7 cm³/mol. The fourth-order valence-electron chi connectivity index (χ4n) is 2.10. The lowest BCUT2D eigenvalue weighted by Crippen LogP contribution is -2.33. The maximum absolute atomic E-state index is 9.30. The van der Waals surface area contributed by atoms with Gasteiger partial charge in [0.25, 0.3) is 0 Å². The molecule has 0 saturated carbocycles. The van der Waals surface area contributed by atoms with Crippen LogP contribution in [0.4, 0.5) is 0 Å². The van der Waals surface area contributed by atoms with Crippen LogP contribution in [0.15, 0.2) is 18.2 Å². The number of hydrogen-bond acceptors (Lipinski definition) is 4. The van der Waals surface area contributed by atoms with Gasteiger partial charge in [0.05, 0.1) is 6.61 Å². The van der Waals surface area contributed by atoms with Crippen molar-refractivity contribution in [1.29, 1.82) is 0 Å². The van der Waals surface area contributed by atoms with Gasteiger partial charge >= 0.3 is 0 Å². The van der Waals surface area contributed by atoms with Crippen LogP contribution in [0, 0.1) is 5.92 Å². The van der Waals surface area contributed by atoms with E-state index in [1.807, 2.05) is 18.2 Å². The predicted octanol–water partition coefficient (Wildman–Crippen LogP) is 1.91. The van der Waals surface area contributed by atoms with Crippen LogP contribution in [0.1, 0.15) is 25.8 Å². The maximum atomic E-state index is 9.30. The molecule has 4 heteroatoms. The Bertz CT molecular complexity index is 393. The van der Waals surface area contributed by atoms with Gasteiger partial charge in [0.1, 0.15) is 0 Å². The van der Waals surface area contributed by atoms with Crippen molar-refractivity contribution in [2.45, 2.75) is 32.9 Å². The second kappa shape index (κ2) is 6.07. The molecule has 18 heavy (non-hydrogen) atoms. The van der Waals surface area contributed by atoms with E-state index in [9.17, 15) is 5.11 Å². The van der Waals surface area contributed by atoms with Crippen molar-refractivity contribution in [3.05, 3.63) is 23.8 Å². The number of aliphatic hydroxyl groups excluding tert-OH is 1. The quantitative estimate of drug-likeness (QED) is 0.811. The summed E-state index contributed by atoms with van der Waals surface area (Å²) >= 11 is 0. The minimum atomic E-state index is 0.149. The summed E-state index contributed by atoms with van der Waals surface area (Å²) in [6.45, 7) is 5.52. The Kier molecular flexibility index (Phi) is 4.44. The van der Waals surface area contributed by atoms with Gasteiger partial charge in [0, 0.05) is 12.6 Å². The summed E-state index contributed by atoms with van der Waals surface area (Å²) in [5.41, 5.74) is 1.14. The van der Waals surface area contributed by atoms with E-state index < -0.39 is 0 Å². The van der Waals surface area contributed by atoms with E-state index in [0.717, 1.165) is 30.0 Å². The molecule has 0 bridgehead atoms. The van der Waals surface area contributed by atoms with Crippen molar-refractivity contribution in [3.8, 4) is 11.5 Å². The van der Waals surface area contributed by atoms with Crippen LogP contribution < -0.4 is 14.8 Å². The van der Waals surface area contributed by atoms with Crippen molar-refractivity contribution in [2.24, 2.45) is 5.92 Å². The molecule has 1 aliphatic rings. The minimum Gasteiger partial charge on any atom is -0.454 e. The number of rotatable bonds is 6. The van der Waals surface area contributed by atoms with Crippen LogP contribution in [0.2, 0.25) is 0 Å². The van der Waals surface area contributed by atoms with E-state index in [-0.39, 0.29) is 12.6 Å². The van der Waals surface area contributed by atoms with Crippen LogP contribution in [-0.2, 0) is 6.54 Å². The normalized spacial score (nSPS) is 15.1. The summed E-state index contributed by atoms with van der Waals surface area (Å²) in [6.07, 6.45) is 0.973. The van der Waals surface area contributed by atoms with Crippen molar-refractivity contribution < 1.29 is 14.6 Å². The van der Waals surface area contributed by atoms with Crippen molar-refractivity contribution in [1.82, 2.24) is 5.32 Å². The summed E-state index contributed by atoms with van der Waals surface area (Å²) < 4.78 is 10.6. The van der Waals surface area contributed by atoms with Gasteiger partial charge in [-0.3, -0.25) is 0 Å². The van der Waals surface area contributed by atoms with E-state index in [1.165, 1.54) is 0 Å². The smallest absolute Gasteiger partial charge is 0.231 e. The molecule has 1 heterocycles. The molecule has 2 rings (SSSR count). The molecule has 1 unspecified atom stereocenters. The van der Waals surface area contributed by atoms with Gasteiger partial charge in [-0.1, -0.05) is 19.9 Å². The van der Waals surface area contributed by atoms with Crippen molar-refractivity contribution >= 4 is 0 Å². The Morgan fingerprint density at radius 2 is 2.06 bits per heavy atom. The number of ether oxygens (including phenoxy) is 2. The molecule has 0 fully saturated rings. The van der Waals surface area contributed by atoms with Gasteiger partial charge < -0.3 is 19.9 Å². The number of benzene rings is 1. The van der Waals surface area contributed by atoms with Gasteiger partial charge in [-0.2, -0.15) is 0 Å². The topological polar surface area (TPSA) is 50.7 Å². The third kappa shape index (κ3) is 3.37. The maximum Gasteiger partial charge on any atom is 0.231 e. The summed E-state index contributed by atoms with van der Waals surface area (Å²) in [7, 11) is 0. The number of fused-ring (bicyclic) bond motifs is 1. The Balaban J connectivity index is 1.89. The average Bonchev–Trinajstić information content (AvgIpc) is 2.81. The highest BCUT2D eigenvalue weighted by molar-refractivity contribution is 5.44. The van der Waals surface area contributed by atoms with Crippen LogP contribution >= 0.6 is 0 Å². The zero-order valence-corrected chi connectivity index (χ0v) is 11.0. The van der Waals surface area contributed by atoms with Gasteiger partial charge in [0.15, 0.2) is 11.5 Å². The lowest BCUT2D eigenvalue weighted by Gasteiger charge is -2.18. The van der Waals surface area contributed by atoms with Crippen LogP contribution in [-0.4, -0.2) is 24.5 Å². The second-order valence-electron chi connectivity index (χ2n) is 5.08. The first-order chi connectivity index (χ1) is 8.69. The van der Waals surface area contributed by atoms with Crippen LogP contribution in [0.25, 0.3) is 0 Å². The molecule has 100 valence electrons. The first-order valence-electron chi connectivity index (χ1n) is 6.42. The standard InChI is InChI=1S/C14H21NO3/c1-10(2)5-12(8-16)15-7-11-3-4-13-14(6-11)18-9-17-13/h3-4,6,10,12,15-16H,5,7-9H2,1-2H3. The monoisotopic (exact) mass is 251 g/mol. The molecule has 0 amide bonds. The molecule has 4 nitrogen and oxygen atoms in total. The van der Waals surface area contributed by atoms with E-state index >= 15 is 0 Å². The molecule has 2 N–H and O–H groups in total. The average molecular weight is 251 g/mol. The number of aliphatic hydroxyl groups is 1. The zero-order valence-electron chi connectivity index (χ0n) is 11.0. The Hall–Kier alpha value is -1.26. The van der Waals surface area contributed by atoms with Gasteiger partial charge in [0.2, 0.25) is 6.79 Å². The Morgan fingerprint density at radius 1 is 1.28 bits per heavy atom. The molecule has 1 atom stereocenters. The van der Waals surface area contributed by atoms with Crippen molar-refractivity contribution in [2.75, 3.05) is 13.4 Å². The second-order valence-corrected chi connectivity index (χ2v) is 5.08. The molecular formula is C14H21NO3. The molecule has 1 aromatic rings. The molecule has 0 radical (unpaired) electrons. The van der Waals surface area contributed by atoms with Gasteiger partial charge in [-0.15, -0.1) is 0 Å². The van der Waals surface area contributed by atoms with E-state index in [1.54, 1.807) is 0 Å². The summed E-state index contributed by atoms with van der Waals surface area (Å²) in [5.74, 6) is 2.18. The molecule has 1 aromatic carbocycles. The van der Waals surface area contributed by atoms with Crippen LogP contribution in [0.5, 0.6) is 11.5 Å². The van der Waals surface area contributed by atoms with E-state index in [4.69, 9.17) is 9.47 Å². The first-order valence-corrected chi connectivity index (χ1v) is 6.42. The first kappa shape index (κ1) is 13.2. The highest BCUT2D eigenvalue weighted by Gasteiger charge is 2.14. The summed E-state index contributed by atoms with van der Waals surface area (Å²) in [5, 5.41) is 12.7. The molecule has 0 spiro atoms. The lowest BCUT2D eigenvalue weighted by molar-refractivity contribution is 0.174. The fourth-order valence-corrected chi connectivity index (χ4v) is 2.10. The molecular weight excluding hydrogens is 230 g/mol. The SMILES string of the molecule is CC(C)CC(CO)NCc1ccc2c(c1)OCO2. The summed E-state index contributed by atoms with van der Waals surface area (Å²) in [4.78, 5) is 0. The lowest BCUT2D eigenvalue weighted by atomic mass is 10.0. The molecule has 0 aromatic heterocycles. The Labute approximate surface area is 108 Å². The number of nitrogens with one attached hydrogen (secondary N) is 1. The summed E-state index contributed by atoms with van der Waals surface area (Å²) in [6, 6.07) is 6.08. The van der Waals surface area contributed by atoms with Crippen molar-refractivity contribution in [3.63, 3.8) is 0 Å². The van der Waals surface area contributed by atoms with Gasteiger partial charge in [-0.25, -0.2) is 0 Å². The Morgan fingerprint density at radius 3 is 2.78 bits per heavy atom. The van der Waals surface area contributed by atoms with E-state index in [0.29, 0.717) is 12.7 Å². The molecule has 1 aliphatic heterocycles. The van der Waals surface area contributed by atoms with Crippen LogP contribution in [0.3, 0.4) is 0 Å². The molecule has 0 aliphatic carbocycles. The molecule has 0 saturated heterocycles. The third-order valence-corrected chi connectivity index (χ3v) is 3.01. The fraction of sp³-hybridized carbons (Fsp3) is 0.571. The zero-order chi connectivity index (χ0) is 13.0. The highest BCUT2D eigenvalue weighted by Crippen LogP contribution is 2.32. The highest BCUT2D eigenvalue weighted by atomic mass is 16.7. The minimum absolute atomic E-state index is 0.149. The number of hydrogen-bond donors (Lipinski definition) is 2. The van der Waals surface area contributed by atoms with Gasteiger partial charge in [-0.05, 0) is 30.0 Å². The largest absolute Gasteiger partial charge is 0.454 e. The van der Waals surface area contributed by atoms with E-state index in [2.05, 4.69) is 19.2 Å².